The first-order valence-electron chi connectivity index (χ1n) is 5.00. The maximum atomic E-state index is 5.93. The summed E-state index contributed by atoms with van der Waals surface area (Å²) in [5.41, 5.74) is 1.08. The van der Waals surface area contributed by atoms with Gasteiger partial charge in [0, 0.05) is 23.7 Å². The summed E-state index contributed by atoms with van der Waals surface area (Å²) in [6.45, 7) is 7.79. The van der Waals surface area contributed by atoms with Gasteiger partial charge in [-0.05, 0) is 25.1 Å². The van der Waals surface area contributed by atoms with Crippen LogP contribution in [0.15, 0.2) is 30.9 Å². The minimum atomic E-state index is 0. The van der Waals surface area contributed by atoms with Crippen molar-refractivity contribution in [1.29, 1.82) is 0 Å². The molecule has 0 radical (unpaired) electrons. The van der Waals surface area contributed by atoms with Crippen LogP contribution in [0.1, 0.15) is 12.5 Å². The fourth-order valence-electron chi connectivity index (χ4n) is 1.29. The molecule has 0 saturated heterocycles. The third kappa shape index (κ3) is 4.88. The van der Waals surface area contributed by atoms with E-state index in [1.807, 2.05) is 31.2 Å². The van der Waals surface area contributed by atoms with E-state index in [1.165, 1.54) is 0 Å². The lowest BCUT2D eigenvalue weighted by molar-refractivity contribution is 0.335. The van der Waals surface area contributed by atoms with E-state index in [0.717, 1.165) is 29.4 Å². The van der Waals surface area contributed by atoms with Gasteiger partial charge in [0.2, 0.25) is 0 Å². The van der Waals surface area contributed by atoms with Gasteiger partial charge in [0.15, 0.2) is 0 Å². The number of ether oxygens (including phenoxy) is 1. The molecule has 0 bridgehead atoms. The molecule has 0 amide bonds. The summed E-state index contributed by atoms with van der Waals surface area (Å²) in [7, 11) is 0. The lowest BCUT2D eigenvalue weighted by Crippen LogP contribution is -2.13. The van der Waals surface area contributed by atoms with Crippen LogP contribution >= 0.6 is 24.0 Å². The van der Waals surface area contributed by atoms with Gasteiger partial charge in [0.25, 0.3) is 0 Å². The fraction of sp³-hybridized carbons (Fsp3) is 0.333. The molecule has 0 unspecified atom stereocenters. The number of rotatable bonds is 6. The average Bonchev–Trinajstić information content (AvgIpc) is 2.22. The Morgan fingerprint density at radius 2 is 2.25 bits per heavy atom. The predicted molar refractivity (Wildman–Crippen MR) is 71.8 cm³/mol. The summed E-state index contributed by atoms with van der Waals surface area (Å²) in [5, 5.41) is 3.95. The Bertz CT molecular complexity index is 329. The van der Waals surface area contributed by atoms with E-state index in [4.69, 9.17) is 16.3 Å². The number of nitrogens with one attached hydrogen (secondary N) is 1. The second-order valence-corrected chi connectivity index (χ2v) is 3.54. The molecular formula is C12H17Cl2NO. The Hall–Kier alpha value is -0.700. The van der Waals surface area contributed by atoms with Gasteiger partial charge in [-0.15, -0.1) is 19.0 Å². The van der Waals surface area contributed by atoms with Gasteiger partial charge in [0.1, 0.15) is 5.75 Å². The Morgan fingerprint density at radius 3 is 2.88 bits per heavy atom. The number of hydrogen-bond acceptors (Lipinski definition) is 2. The zero-order valence-electron chi connectivity index (χ0n) is 9.33. The molecular weight excluding hydrogens is 245 g/mol. The van der Waals surface area contributed by atoms with E-state index in [0.29, 0.717) is 6.61 Å². The molecule has 0 aromatic heterocycles. The van der Waals surface area contributed by atoms with Crippen LogP contribution in [-0.4, -0.2) is 13.2 Å². The summed E-state index contributed by atoms with van der Waals surface area (Å²) in [6.07, 6.45) is 1.82. The predicted octanol–water partition coefficient (Wildman–Crippen LogP) is 3.44. The van der Waals surface area contributed by atoms with E-state index in [9.17, 15) is 0 Å². The van der Waals surface area contributed by atoms with Crippen molar-refractivity contribution in [2.24, 2.45) is 0 Å². The molecule has 1 rings (SSSR count). The van der Waals surface area contributed by atoms with Crippen LogP contribution in [0, 0.1) is 0 Å². The van der Waals surface area contributed by atoms with Crippen molar-refractivity contribution in [3.8, 4) is 5.75 Å². The molecule has 0 fully saturated rings. The van der Waals surface area contributed by atoms with Crippen molar-refractivity contribution in [1.82, 2.24) is 5.32 Å². The molecule has 16 heavy (non-hydrogen) atoms. The molecule has 1 aromatic rings. The Balaban J connectivity index is 0.00000225. The highest BCUT2D eigenvalue weighted by molar-refractivity contribution is 6.30. The molecule has 0 spiro atoms. The fourth-order valence-corrected chi connectivity index (χ4v) is 1.49. The molecule has 0 aliphatic heterocycles. The van der Waals surface area contributed by atoms with Crippen molar-refractivity contribution < 1.29 is 4.74 Å². The summed E-state index contributed by atoms with van der Waals surface area (Å²) in [5.74, 6) is 0.887. The third-order valence-corrected chi connectivity index (χ3v) is 2.16. The zero-order chi connectivity index (χ0) is 11.1. The first-order valence-corrected chi connectivity index (χ1v) is 5.38. The Morgan fingerprint density at radius 1 is 1.50 bits per heavy atom. The van der Waals surface area contributed by atoms with Crippen LogP contribution in [0.25, 0.3) is 0 Å². The van der Waals surface area contributed by atoms with Crippen LogP contribution < -0.4 is 10.1 Å². The Kier molecular flexibility index (Phi) is 8.08. The molecule has 0 saturated carbocycles. The molecule has 0 heterocycles. The summed E-state index contributed by atoms with van der Waals surface area (Å²) >= 11 is 5.93. The van der Waals surface area contributed by atoms with Crippen LogP contribution in [0.5, 0.6) is 5.75 Å². The molecule has 1 N–H and O–H groups in total. The standard InChI is InChI=1S/C12H16ClNO.ClH/c1-3-7-14-9-10-8-11(13)5-6-12(10)15-4-2;/h3,5-6,8,14H,1,4,7,9H2,2H3;1H. The maximum Gasteiger partial charge on any atom is 0.123 e. The van der Waals surface area contributed by atoms with Gasteiger partial charge in [-0.2, -0.15) is 0 Å². The first kappa shape index (κ1) is 15.3. The first-order chi connectivity index (χ1) is 7.27. The minimum absolute atomic E-state index is 0. The van der Waals surface area contributed by atoms with Crippen molar-refractivity contribution in [2.45, 2.75) is 13.5 Å². The van der Waals surface area contributed by atoms with Gasteiger partial charge >= 0.3 is 0 Å². The smallest absolute Gasteiger partial charge is 0.123 e. The highest BCUT2D eigenvalue weighted by Gasteiger charge is 2.03. The molecule has 90 valence electrons. The van der Waals surface area contributed by atoms with Gasteiger partial charge in [0.05, 0.1) is 6.61 Å². The van der Waals surface area contributed by atoms with Gasteiger partial charge in [-0.3, -0.25) is 0 Å². The van der Waals surface area contributed by atoms with E-state index in [1.54, 1.807) is 0 Å². The van der Waals surface area contributed by atoms with Crippen LogP contribution in [-0.2, 0) is 6.54 Å². The molecule has 4 heteroatoms. The van der Waals surface area contributed by atoms with Crippen LogP contribution in [0.2, 0.25) is 5.02 Å². The molecule has 2 nitrogen and oxygen atoms in total. The van der Waals surface area contributed by atoms with Crippen molar-refractivity contribution in [3.05, 3.63) is 41.4 Å². The summed E-state index contributed by atoms with van der Waals surface area (Å²) < 4.78 is 5.50. The topological polar surface area (TPSA) is 21.3 Å². The van der Waals surface area contributed by atoms with Crippen molar-refractivity contribution in [3.63, 3.8) is 0 Å². The average molecular weight is 262 g/mol. The quantitative estimate of drug-likeness (QED) is 0.626. The van der Waals surface area contributed by atoms with Crippen molar-refractivity contribution in [2.75, 3.05) is 13.2 Å². The lowest BCUT2D eigenvalue weighted by Gasteiger charge is -2.10. The number of hydrogen-bond donors (Lipinski definition) is 1. The molecule has 0 atom stereocenters. The van der Waals surface area contributed by atoms with E-state index in [2.05, 4.69) is 11.9 Å². The van der Waals surface area contributed by atoms with E-state index in [-0.39, 0.29) is 12.4 Å². The second-order valence-electron chi connectivity index (χ2n) is 3.10. The normalized spacial score (nSPS) is 9.38. The molecule has 0 aliphatic carbocycles. The second kappa shape index (κ2) is 8.45. The molecule has 0 aliphatic rings. The van der Waals surface area contributed by atoms with E-state index >= 15 is 0 Å². The van der Waals surface area contributed by atoms with E-state index < -0.39 is 0 Å². The maximum absolute atomic E-state index is 5.93. The van der Waals surface area contributed by atoms with Gasteiger partial charge in [-0.1, -0.05) is 17.7 Å². The summed E-state index contributed by atoms with van der Waals surface area (Å²) in [6, 6.07) is 5.66. The lowest BCUT2D eigenvalue weighted by atomic mass is 10.2. The summed E-state index contributed by atoms with van der Waals surface area (Å²) in [4.78, 5) is 0. The highest BCUT2D eigenvalue weighted by Crippen LogP contribution is 2.22. The minimum Gasteiger partial charge on any atom is -0.494 e. The number of benzene rings is 1. The van der Waals surface area contributed by atoms with Gasteiger partial charge < -0.3 is 10.1 Å². The van der Waals surface area contributed by atoms with Gasteiger partial charge in [-0.25, -0.2) is 0 Å². The zero-order valence-corrected chi connectivity index (χ0v) is 10.9. The van der Waals surface area contributed by atoms with Crippen molar-refractivity contribution >= 4 is 24.0 Å². The molecule has 1 aromatic carbocycles. The van der Waals surface area contributed by atoms with Crippen LogP contribution in [0.3, 0.4) is 0 Å². The number of halogens is 2. The largest absolute Gasteiger partial charge is 0.494 e. The Labute approximate surface area is 108 Å². The van der Waals surface area contributed by atoms with Crippen LogP contribution in [0.4, 0.5) is 0 Å². The monoisotopic (exact) mass is 261 g/mol. The highest BCUT2D eigenvalue weighted by atomic mass is 35.5. The third-order valence-electron chi connectivity index (χ3n) is 1.93. The SMILES string of the molecule is C=CCNCc1cc(Cl)ccc1OCC.Cl.